The van der Waals surface area contributed by atoms with Crippen molar-refractivity contribution in [3.05, 3.63) is 24.3 Å². The van der Waals surface area contributed by atoms with Crippen LogP contribution in [-0.2, 0) is 4.74 Å². The van der Waals surface area contributed by atoms with Gasteiger partial charge in [0.15, 0.2) is 0 Å². The second-order valence-corrected chi connectivity index (χ2v) is 5.23. The fourth-order valence-electron chi connectivity index (χ4n) is 2.71. The number of aliphatic hydroxyl groups is 1. The third-order valence-electron chi connectivity index (χ3n) is 4.00. The second-order valence-electron chi connectivity index (χ2n) is 5.23. The molecule has 0 bridgehead atoms. The summed E-state index contributed by atoms with van der Waals surface area (Å²) >= 11 is 0. The molecule has 1 saturated carbocycles. The molecule has 2 N–H and O–H groups in total. The van der Waals surface area contributed by atoms with E-state index in [0.29, 0.717) is 6.10 Å². The Morgan fingerprint density at radius 3 is 2.63 bits per heavy atom. The predicted molar refractivity (Wildman–Crippen MR) is 75.7 cm³/mol. The Morgan fingerprint density at radius 1 is 1.32 bits per heavy atom. The van der Waals surface area contributed by atoms with E-state index in [2.05, 4.69) is 5.32 Å². The minimum absolute atomic E-state index is 0.140. The molecule has 19 heavy (non-hydrogen) atoms. The quantitative estimate of drug-likeness (QED) is 0.858. The zero-order valence-corrected chi connectivity index (χ0v) is 11.7. The Bertz CT molecular complexity index is 400. The maximum absolute atomic E-state index is 9.75. The average molecular weight is 265 g/mol. The van der Waals surface area contributed by atoms with Crippen molar-refractivity contribution in [3.8, 4) is 5.75 Å². The number of ether oxygens (including phenoxy) is 2. The SMILES string of the molecule is COc1cccc(NC2(CO)CCC(OC)CC2)c1. The van der Waals surface area contributed by atoms with E-state index in [0.717, 1.165) is 37.1 Å². The number of anilines is 1. The van der Waals surface area contributed by atoms with Crippen LogP contribution in [0, 0.1) is 0 Å². The highest BCUT2D eigenvalue weighted by Crippen LogP contribution is 2.33. The molecule has 0 unspecified atom stereocenters. The van der Waals surface area contributed by atoms with Crippen molar-refractivity contribution in [2.75, 3.05) is 26.1 Å². The van der Waals surface area contributed by atoms with Crippen molar-refractivity contribution in [3.63, 3.8) is 0 Å². The maximum atomic E-state index is 9.75. The van der Waals surface area contributed by atoms with E-state index in [1.54, 1.807) is 14.2 Å². The first-order valence-electron chi connectivity index (χ1n) is 6.77. The van der Waals surface area contributed by atoms with Gasteiger partial charge in [-0.2, -0.15) is 0 Å². The largest absolute Gasteiger partial charge is 0.497 e. The van der Waals surface area contributed by atoms with E-state index in [-0.39, 0.29) is 12.1 Å². The summed E-state index contributed by atoms with van der Waals surface area (Å²) < 4.78 is 10.6. The van der Waals surface area contributed by atoms with Crippen LogP contribution in [0.25, 0.3) is 0 Å². The van der Waals surface area contributed by atoms with Crippen LogP contribution in [0.1, 0.15) is 25.7 Å². The van der Waals surface area contributed by atoms with Gasteiger partial charge in [-0.15, -0.1) is 0 Å². The first-order chi connectivity index (χ1) is 9.21. The van der Waals surface area contributed by atoms with Crippen LogP contribution in [-0.4, -0.2) is 37.6 Å². The van der Waals surface area contributed by atoms with Crippen LogP contribution in [0.2, 0.25) is 0 Å². The number of hydrogen-bond acceptors (Lipinski definition) is 4. The smallest absolute Gasteiger partial charge is 0.120 e. The first-order valence-corrected chi connectivity index (χ1v) is 6.77. The fraction of sp³-hybridized carbons (Fsp3) is 0.600. The summed E-state index contributed by atoms with van der Waals surface area (Å²) in [5.41, 5.74) is 0.755. The lowest BCUT2D eigenvalue weighted by Crippen LogP contribution is -2.46. The van der Waals surface area contributed by atoms with Gasteiger partial charge in [0.05, 0.1) is 25.4 Å². The van der Waals surface area contributed by atoms with Crippen molar-refractivity contribution in [2.45, 2.75) is 37.3 Å². The van der Waals surface area contributed by atoms with Gasteiger partial charge in [0.2, 0.25) is 0 Å². The molecular weight excluding hydrogens is 242 g/mol. The number of methoxy groups -OCH3 is 2. The molecule has 0 spiro atoms. The highest BCUT2D eigenvalue weighted by atomic mass is 16.5. The van der Waals surface area contributed by atoms with Gasteiger partial charge >= 0.3 is 0 Å². The lowest BCUT2D eigenvalue weighted by molar-refractivity contribution is 0.0411. The molecule has 1 fully saturated rings. The molecule has 0 amide bonds. The Kier molecular flexibility index (Phi) is 4.66. The second kappa shape index (κ2) is 6.26. The standard InChI is InChI=1S/C15H23NO3/c1-18-13-6-8-15(11-17,9-7-13)16-12-4-3-5-14(10-12)19-2/h3-5,10,13,16-17H,6-9,11H2,1-2H3. The lowest BCUT2D eigenvalue weighted by atomic mass is 9.80. The minimum atomic E-state index is -0.235. The van der Waals surface area contributed by atoms with Crippen LogP contribution < -0.4 is 10.1 Å². The molecule has 0 aromatic heterocycles. The molecule has 0 aliphatic heterocycles. The van der Waals surface area contributed by atoms with Gasteiger partial charge in [-0.1, -0.05) is 6.07 Å². The molecule has 1 aromatic carbocycles. The van der Waals surface area contributed by atoms with Gasteiger partial charge in [0.25, 0.3) is 0 Å². The Morgan fingerprint density at radius 2 is 2.05 bits per heavy atom. The molecule has 4 heteroatoms. The summed E-state index contributed by atoms with van der Waals surface area (Å²) in [5.74, 6) is 0.823. The monoisotopic (exact) mass is 265 g/mol. The Balaban J connectivity index is 2.06. The third kappa shape index (κ3) is 3.39. The number of nitrogens with one attached hydrogen (secondary N) is 1. The van der Waals surface area contributed by atoms with Crippen molar-refractivity contribution >= 4 is 5.69 Å². The van der Waals surface area contributed by atoms with E-state index >= 15 is 0 Å². The molecule has 1 aliphatic rings. The van der Waals surface area contributed by atoms with E-state index in [1.165, 1.54) is 0 Å². The predicted octanol–water partition coefficient (Wildman–Crippen LogP) is 2.43. The molecule has 106 valence electrons. The van der Waals surface area contributed by atoms with Crippen molar-refractivity contribution in [1.29, 1.82) is 0 Å². The van der Waals surface area contributed by atoms with Gasteiger partial charge in [-0.3, -0.25) is 0 Å². The maximum Gasteiger partial charge on any atom is 0.120 e. The average Bonchev–Trinajstić information content (AvgIpc) is 2.48. The number of rotatable bonds is 5. The van der Waals surface area contributed by atoms with Crippen molar-refractivity contribution < 1.29 is 14.6 Å². The lowest BCUT2D eigenvalue weighted by Gasteiger charge is -2.40. The number of aliphatic hydroxyl groups excluding tert-OH is 1. The molecule has 0 atom stereocenters. The molecule has 0 radical (unpaired) electrons. The number of benzene rings is 1. The van der Waals surface area contributed by atoms with Gasteiger partial charge in [0, 0.05) is 18.9 Å². The van der Waals surface area contributed by atoms with Crippen molar-refractivity contribution in [2.24, 2.45) is 0 Å². The molecule has 1 aliphatic carbocycles. The number of hydrogen-bond donors (Lipinski definition) is 2. The Labute approximate surface area is 114 Å². The highest BCUT2D eigenvalue weighted by molar-refractivity contribution is 5.50. The summed E-state index contributed by atoms with van der Waals surface area (Å²) in [4.78, 5) is 0. The topological polar surface area (TPSA) is 50.7 Å². The zero-order chi connectivity index (χ0) is 13.7. The summed E-state index contributed by atoms with van der Waals surface area (Å²) in [5, 5.41) is 13.2. The van der Waals surface area contributed by atoms with Gasteiger partial charge in [0.1, 0.15) is 5.75 Å². The molecule has 4 nitrogen and oxygen atoms in total. The summed E-state index contributed by atoms with van der Waals surface area (Å²) in [6.07, 6.45) is 4.12. The highest BCUT2D eigenvalue weighted by Gasteiger charge is 2.34. The molecule has 0 saturated heterocycles. The van der Waals surface area contributed by atoms with Crippen molar-refractivity contribution in [1.82, 2.24) is 0 Å². The third-order valence-corrected chi connectivity index (χ3v) is 4.00. The molecule has 0 heterocycles. The summed E-state index contributed by atoms with van der Waals surface area (Å²) in [6, 6.07) is 7.83. The van der Waals surface area contributed by atoms with Crippen LogP contribution in [0.4, 0.5) is 5.69 Å². The molecule has 2 rings (SSSR count). The van der Waals surface area contributed by atoms with Gasteiger partial charge < -0.3 is 19.9 Å². The molecular formula is C15H23NO3. The van der Waals surface area contributed by atoms with E-state index in [1.807, 2.05) is 24.3 Å². The minimum Gasteiger partial charge on any atom is -0.497 e. The Hall–Kier alpha value is -1.26. The van der Waals surface area contributed by atoms with Crippen LogP contribution >= 0.6 is 0 Å². The van der Waals surface area contributed by atoms with Crippen LogP contribution in [0.5, 0.6) is 5.75 Å². The normalized spacial score (nSPS) is 27.0. The van der Waals surface area contributed by atoms with Crippen LogP contribution in [0.15, 0.2) is 24.3 Å². The first kappa shape index (κ1) is 14.2. The van der Waals surface area contributed by atoms with Gasteiger partial charge in [-0.25, -0.2) is 0 Å². The van der Waals surface area contributed by atoms with Gasteiger partial charge in [-0.05, 0) is 37.8 Å². The fourth-order valence-corrected chi connectivity index (χ4v) is 2.71. The summed E-state index contributed by atoms with van der Waals surface area (Å²) in [7, 11) is 3.41. The summed E-state index contributed by atoms with van der Waals surface area (Å²) in [6.45, 7) is 0.140. The van der Waals surface area contributed by atoms with Crippen LogP contribution in [0.3, 0.4) is 0 Å². The van der Waals surface area contributed by atoms with E-state index in [4.69, 9.17) is 9.47 Å². The zero-order valence-electron chi connectivity index (χ0n) is 11.7. The van der Waals surface area contributed by atoms with E-state index < -0.39 is 0 Å². The molecule has 1 aromatic rings. The van der Waals surface area contributed by atoms with E-state index in [9.17, 15) is 5.11 Å².